The number of aryl methyl sites for hydroxylation is 1. The number of nitrogens with zero attached hydrogens (tertiary/aromatic N) is 1. The van der Waals surface area contributed by atoms with Crippen molar-refractivity contribution in [2.45, 2.75) is 39.3 Å². The normalized spacial score (nSPS) is 17.6. The van der Waals surface area contributed by atoms with Gasteiger partial charge in [-0.1, -0.05) is 0 Å². The van der Waals surface area contributed by atoms with Gasteiger partial charge in [0.15, 0.2) is 0 Å². The van der Waals surface area contributed by atoms with E-state index in [9.17, 15) is 14.7 Å². The van der Waals surface area contributed by atoms with Gasteiger partial charge in [0.2, 0.25) is 5.76 Å². The summed E-state index contributed by atoms with van der Waals surface area (Å²) in [7, 11) is 0. The quantitative estimate of drug-likeness (QED) is 0.852. The van der Waals surface area contributed by atoms with E-state index < -0.39 is 17.7 Å². The van der Waals surface area contributed by atoms with E-state index in [0.29, 0.717) is 42.0 Å². The number of aromatic carboxylic acids is 1. The predicted octanol–water partition coefficient (Wildman–Crippen LogP) is 3.45. The third-order valence-corrected chi connectivity index (χ3v) is 4.40. The van der Waals surface area contributed by atoms with Crippen LogP contribution in [0.25, 0.3) is 11.0 Å². The molecule has 1 fully saturated rings. The number of ether oxygens (including phenoxy) is 3. The van der Waals surface area contributed by atoms with Crippen LogP contribution in [0.5, 0.6) is 5.75 Å². The summed E-state index contributed by atoms with van der Waals surface area (Å²) < 4.78 is 22.2. The lowest BCUT2D eigenvalue weighted by Gasteiger charge is -2.36. The van der Waals surface area contributed by atoms with Gasteiger partial charge in [-0.3, -0.25) is 4.90 Å². The van der Waals surface area contributed by atoms with Crippen LogP contribution >= 0.6 is 0 Å². The molecule has 8 nitrogen and oxygen atoms in total. The van der Waals surface area contributed by atoms with E-state index in [4.69, 9.17) is 18.6 Å². The number of rotatable bonds is 4. The summed E-state index contributed by atoms with van der Waals surface area (Å²) in [5.74, 6) is -0.629. The summed E-state index contributed by atoms with van der Waals surface area (Å²) in [5.41, 5.74) is 0.454. The SMILES string of the molecule is Cc1c(C(=O)O)oc2ccc(OCC3COCCN3C(=O)OC(C)(C)C)cc12. The second-order valence-electron chi connectivity index (χ2n) is 7.73. The van der Waals surface area contributed by atoms with Crippen LogP contribution in [0.4, 0.5) is 4.79 Å². The number of carbonyl (C=O) groups is 2. The Labute approximate surface area is 162 Å². The Hall–Kier alpha value is -2.74. The molecule has 1 unspecified atom stereocenters. The zero-order valence-corrected chi connectivity index (χ0v) is 16.5. The minimum absolute atomic E-state index is 0.0797. The van der Waals surface area contributed by atoms with E-state index in [-0.39, 0.29) is 18.4 Å². The van der Waals surface area contributed by atoms with Gasteiger partial charge < -0.3 is 23.7 Å². The monoisotopic (exact) mass is 391 g/mol. The van der Waals surface area contributed by atoms with Gasteiger partial charge in [-0.2, -0.15) is 0 Å². The molecule has 152 valence electrons. The van der Waals surface area contributed by atoms with Gasteiger partial charge in [0.1, 0.15) is 23.5 Å². The lowest BCUT2D eigenvalue weighted by Crippen LogP contribution is -2.52. The van der Waals surface area contributed by atoms with Gasteiger partial charge in [-0.15, -0.1) is 0 Å². The highest BCUT2D eigenvalue weighted by Gasteiger charge is 2.31. The van der Waals surface area contributed by atoms with E-state index in [1.165, 1.54) is 0 Å². The Morgan fingerprint density at radius 2 is 2.07 bits per heavy atom. The number of fused-ring (bicyclic) bond motifs is 1. The van der Waals surface area contributed by atoms with E-state index in [1.54, 1.807) is 30.0 Å². The smallest absolute Gasteiger partial charge is 0.410 e. The molecule has 1 N–H and O–H groups in total. The van der Waals surface area contributed by atoms with Crippen molar-refractivity contribution < 1.29 is 33.3 Å². The number of benzene rings is 1. The first-order chi connectivity index (χ1) is 13.2. The summed E-state index contributed by atoms with van der Waals surface area (Å²) in [6.45, 7) is 8.64. The predicted molar refractivity (Wildman–Crippen MR) is 101 cm³/mol. The van der Waals surface area contributed by atoms with Crippen molar-refractivity contribution >= 4 is 23.0 Å². The topological polar surface area (TPSA) is 98.4 Å². The second kappa shape index (κ2) is 7.71. The van der Waals surface area contributed by atoms with E-state index in [0.717, 1.165) is 0 Å². The molecular weight excluding hydrogens is 366 g/mol. The van der Waals surface area contributed by atoms with Gasteiger partial charge in [0.25, 0.3) is 0 Å². The van der Waals surface area contributed by atoms with Crippen LogP contribution in [-0.4, -0.2) is 60.1 Å². The first-order valence-electron chi connectivity index (χ1n) is 9.12. The molecule has 3 rings (SSSR count). The van der Waals surface area contributed by atoms with Crippen molar-refractivity contribution in [2.75, 3.05) is 26.4 Å². The van der Waals surface area contributed by atoms with Gasteiger partial charge in [0.05, 0.1) is 19.3 Å². The minimum Gasteiger partial charge on any atom is -0.491 e. The fourth-order valence-corrected chi connectivity index (χ4v) is 3.04. The molecule has 0 saturated carbocycles. The van der Waals surface area contributed by atoms with Gasteiger partial charge in [-0.25, -0.2) is 9.59 Å². The minimum atomic E-state index is -1.11. The summed E-state index contributed by atoms with van der Waals surface area (Å²) in [6.07, 6.45) is -0.392. The van der Waals surface area contributed by atoms with Crippen LogP contribution < -0.4 is 4.74 Å². The maximum Gasteiger partial charge on any atom is 0.410 e. The zero-order valence-electron chi connectivity index (χ0n) is 16.5. The number of hydrogen-bond acceptors (Lipinski definition) is 6. The average molecular weight is 391 g/mol. The second-order valence-corrected chi connectivity index (χ2v) is 7.73. The highest BCUT2D eigenvalue weighted by Crippen LogP contribution is 2.29. The summed E-state index contributed by atoms with van der Waals surface area (Å²) in [4.78, 5) is 25.3. The Morgan fingerprint density at radius 3 is 2.75 bits per heavy atom. The standard InChI is InChI=1S/C20H25NO7/c1-12-15-9-14(5-6-16(15)27-17(12)18(22)23)26-11-13-10-25-8-7-21(13)19(24)28-20(2,3)4/h5-6,9,13H,7-8,10-11H2,1-4H3,(H,22,23). The molecule has 1 atom stereocenters. The fraction of sp³-hybridized carbons (Fsp3) is 0.500. The Balaban J connectivity index is 1.72. The van der Waals surface area contributed by atoms with Crippen LogP contribution in [-0.2, 0) is 9.47 Å². The Kier molecular flexibility index (Phi) is 5.51. The third-order valence-electron chi connectivity index (χ3n) is 4.40. The number of carboxylic acids is 1. The molecule has 1 aliphatic heterocycles. The molecule has 1 aliphatic rings. The van der Waals surface area contributed by atoms with Gasteiger partial charge in [-0.05, 0) is 45.9 Å². The van der Waals surface area contributed by atoms with Crippen molar-refractivity contribution in [3.8, 4) is 5.75 Å². The zero-order chi connectivity index (χ0) is 20.5. The molecule has 0 bridgehead atoms. The van der Waals surface area contributed by atoms with Crippen LogP contribution in [0.15, 0.2) is 22.6 Å². The van der Waals surface area contributed by atoms with Gasteiger partial charge in [0, 0.05) is 17.5 Å². The molecule has 1 aromatic carbocycles. The number of hydrogen-bond donors (Lipinski definition) is 1. The summed E-state index contributed by atoms with van der Waals surface area (Å²) in [6, 6.07) is 4.84. The van der Waals surface area contributed by atoms with E-state index >= 15 is 0 Å². The maximum absolute atomic E-state index is 12.4. The lowest BCUT2D eigenvalue weighted by molar-refractivity contribution is -0.0418. The maximum atomic E-state index is 12.4. The number of carbonyl (C=O) groups excluding carboxylic acids is 1. The van der Waals surface area contributed by atoms with Crippen molar-refractivity contribution in [2.24, 2.45) is 0 Å². The Morgan fingerprint density at radius 1 is 1.32 bits per heavy atom. The van der Waals surface area contributed by atoms with Gasteiger partial charge >= 0.3 is 12.1 Å². The lowest BCUT2D eigenvalue weighted by atomic mass is 10.1. The Bertz CT molecular complexity index is 881. The third kappa shape index (κ3) is 4.39. The van der Waals surface area contributed by atoms with Crippen LogP contribution in [0.3, 0.4) is 0 Å². The first kappa shape index (κ1) is 20.0. The van der Waals surface area contributed by atoms with Crippen LogP contribution in [0, 0.1) is 6.92 Å². The highest BCUT2D eigenvalue weighted by molar-refractivity contribution is 5.95. The summed E-state index contributed by atoms with van der Waals surface area (Å²) >= 11 is 0. The molecular formula is C20H25NO7. The molecule has 0 radical (unpaired) electrons. The van der Waals surface area contributed by atoms with Crippen molar-refractivity contribution in [1.82, 2.24) is 4.90 Å². The van der Waals surface area contributed by atoms with Crippen molar-refractivity contribution in [3.63, 3.8) is 0 Å². The van der Waals surface area contributed by atoms with Crippen molar-refractivity contribution in [3.05, 3.63) is 29.5 Å². The van der Waals surface area contributed by atoms with Crippen molar-refractivity contribution in [1.29, 1.82) is 0 Å². The molecule has 8 heteroatoms. The molecule has 1 amide bonds. The molecule has 1 saturated heterocycles. The van der Waals surface area contributed by atoms with E-state index in [2.05, 4.69) is 0 Å². The molecule has 0 aliphatic carbocycles. The first-order valence-corrected chi connectivity index (χ1v) is 9.12. The average Bonchev–Trinajstić information content (AvgIpc) is 2.95. The molecule has 0 spiro atoms. The fourth-order valence-electron chi connectivity index (χ4n) is 3.04. The molecule has 2 heterocycles. The van der Waals surface area contributed by atoms with E-state index in [1.807, 2.05) is 20.8 Å². The number of morpholine rings is 1. The van der Waals surface area contributed by atoms with Crippen LogP contribution in [0.1, 0.15) is 36.9 Å². The largest absolute Gasteiger partial charge is 0.491 e. The molecule has 1 aromatic heterocycles. The number of amides is 1. The van der Waals surface area contributed by atoms with Crippen LogP contribution in [0.2, 0.25) is 0 Å². The summed E-state index contributed by atoms with van der Waals surface area (Å²) in [5, 5.41) is 9.86. The molecule has 2 aromatic rings. The number of furan rings is 1. The highest BCUT2D eigenvalue weighted by atomic mass is 16.6. The number of carboxylic acid groups (broad SMARTS) is 1. The molecule has 28 heavy (non-hydrogen) atoms.